The molecule has 24 heavy (non-hydrogen) atoms. The van der Waals surface area contributed by atoms with Gasteiger partial charge in [0.1, 0.15) is 11.2 Å². The molecule has 0 unspecified atom stereocenters. The van der Waals surface area contributed by atoms with Crippen molar-refractivity contribution < 1.29 is 4.42 Å². The maximum atomic E-state index is 6.06. The average molecular weight is 373 g/mol. The number of benzene rings is 4. The molecule has 5 rings (SSSR count). The minimum absolute atomic E-state index is 0.933. The van der Waals surface area contributed by atoms with Gasteiger partial charge in [-0.25, -0.2) is 0 Å². The molecule has 5 aromatic rings. The van der Waals surface area contributed by atoms with Crippen LogP contribution in [0.1, 0.15) is 0 Å². The highest BCUT2D eigenvalue weighted by atomic mass is 79.9. The smallest absolute Gasteiger partial charge is 0.136 e. The van der Waals surface area contributed by atoms with Crippen LogP contribution >= 0.6 is 15.9 Å². The van der Waals surface area contributed by atoms with Crippen molar-refractivity contribution in [2.75, 3.05) is 0 Å². The maximum absolute atomic E-state index is 6.06. The first-order valence-corrected chi connectivity index (χ1v) is 8.69. The summed E-state index contributed by atoms with van der Waals surface area (Å²) in [5.74, 6) is 0. The van der Waals surface area contributed by atoms with Crippen LogP contribution < -0.4 is 0 Å². The summed E-state index contributed by atoms with van der Waals surface area (Å²) >= 11 is 3.50. The molecule has 1 aromatic heterocycles. The van der Waals surface area contributed by atoms with E-state index in [0.717, 1.165) is 15.6 Å². The molecule has 0 saturated heterocycles. The molecule has 0 bridgehead atoms. The summed E-state index contributed by atoms with van der Waals surface area (Å²) < 4.78 is 7.15. The molecule has 0 amide bonds. The largest absolute Gasteiger partial charge is 0.456 e. The van der Waals surface area contributed by atoms with E-state index in [0.29, 0.717) is 0 Å². The van der Waals surface area contributed by atoms with E-state index in [2.05, 4.69) is 94.8 Å². The second-order valence-electron chi connectivity index (χ2n) is 5.98. The van der Waals surface area contributed by atoms with Crippen LogP contribution in [0.25, 0.3) is 43.8 Å². The first-order chi connectivity index (χ1) is 11.8. The molecule has 0 atom stereocenters. The summed E-state index contributed by atoms with van der Waals surface area (Å²) in [4.78, 5) is 0. The molecular formula is C22H13BrO. The van der Waals surface area contributed by atoms with Gasteiger partial charge in [-0.1, -0.05) is 64.5 Å². The molecule has 0 N–H and O–H groups in total. The Morgan fingerprint density at radius 2 is 1.38 bits per heavy atom. The molecule has 0 aliphatic heterocycles. The fourth-order valence-electron chi connectivity index (χ4n) is 3.37. The first kappa shape index (κ1) is 13.8. The Morgan fingerprint density at radius 1 is 0.625 bits per heavy atom. The third kappa shape index (κ3) is 2.07. The maximum Gasteiger partial charge on any atom is 0.136 e. The van der Waals surface area contributed by atoms with Crippen LogP contribution in [-0.2, 0) is 0 Å². The van der Waals surface area contributed by atoms with Gasteiger partial charge in [-0.15, -0.1) is 0 Å². The van der Waals surface area contributed by atoms with E-state index in [1.165, 1.54) is 32.7 Å². The van der Waals surface area contributed by atoms with Gasteiger partial charge in [0.25, 0.3) is 0 Å². The van der Waals surface area contributed by atoms with Crippen LogP contribution in [0.4, 0.5) is 0 Å². The standard InChI is InChI=1S/C22H13BrO/c23-17-9-5-14(6-10-17)16-8-11-20-19(13-16)22-18-4-2-1-3-15(18)7-12-21(22)24-20/h1-13H. The highest BCUT2D eigenvalue weighted by molar-refractivity contribution is 9.10. The molecule has 0 aliphatic rings. The van der Waals surface area contributed by atoms with E-state index < -0.39 is 0 Å². The van der Waals surface area contributed by atoms with Crippen molar-refractivity contribution in [3.8, 4) is 11.1 Å². The van der Waals surface area contributed by atoms with E-state index in [1.54, 1.807) is 0 Å². The lowest BCUT2D eigenvalue weighted by molar-refractivity contribution is 0.669. The van der Waals surface area contributed by atoms with Crippen molar-refractivity contribution in [1.29, 1.82) is 0 Å². The van der Waals surface area contributed by atoms with Crippen molar-refractivity contribution in [2.45, 2.75) is 0 Å². The Hall–Kier alpha value is -2.58. The van der Waals surface area contributed by atoms with Crippen molar-refractivity contribution in [3.63, 3.8) is 0 Å². The predicted molar refractivity (Wildman–Crippen MR) is 104 cm³/mol. The fourth-order valence-corrected chi connectivity index (χ4v) is 3.63. The Bertz CT molecular complexity index is 1200. The van der Waals surface area contributed by atoms with E-state index >= 15 is 0 Å². The summed E-state index contributed by atoms with van der Waals surface area (Å²) in [6.07, 6.45) is 0. The molecule has 114 valence electrons. The number of hydrogen-bond donors (Lipinski definition) is 0. The third-order valence-electron chi connectivity index (χ3n) is 4.54. The van der Waals surface area contributed by atoms with Crippen molar-refractivity contribution >= 4 is 48.6 Å². The lowest BCUT2D eigenvalue weighted by Gasteiger charge is -2.03. The second kappa shape index (κ2) is 5.22. The summed E-state index contributed by atoms with van der Waals surface area (Å²) in [6.45, 7) is 0. The molecule has 0 radical (unpaired) electrons. The van der Waals surface area contributed by atoms with Gasteiger partial charge in [0.2, 0.25) is 0 Å². The molecule has 0 fully saturated rings. The number of furan rings is 1. The lowest BCUT2D eigenvalue weighted by Crippen LogP contribution is -1.78. The molecule has 0 spiro atoms. The van der Waals surface area contributed by atoms with Crippen molar-refractivity contribution in [3.05, 3.63) is 83.3 Å². The van der Waals surface area contributed by atoms with Crippen LogP contribution in [0, 0.1) is 0 Å². The van der Waals surface area contributed by atoms with E-state index in [-0.39, 0.29) is 0 Å². The van der Waals surface area contributed by atoms with Crippen molar-refractivity contribution in [1.82, 2.24) is 0 Å². The minimum Gasteiger partial charge on any atom is -0.456 e. The Kier molecular flexibility index (Phi) is 3.00. The Morgan fingerprint density at radius 3 is 2.25 bits per heavy atom. The molecule has 4 aromatic carbocycles. The van der Waals surface area contributed by atoms with Gasteiger partial charge < -0.3 is 4.42 Å². The van der Waals surface area contributed by atoms with E-state index in [9.17, 15) is 0 Å². The van der Waals surface area contributed by atoms with E-state index in [1.807, 2.05) is 0 Å². The zero-order chi connectivity index (χ0) is 16.1. The van der Waals surface area contributed by atoms with Crippen LogP contribution in [-0.4, -0.2) is 0 Å². The quantitative estimate of drug-likeness (QED) is 0.304. The average Bonchev–Trinajstić information content (AvgIpc) is 3.00. The fraction of sp³-hybridized carbons (Fsp3) is 0. The summed E-state index contributed by atoms with van der Waals surface area (Å²) in [6, 6.07) is 27.5. The van der Waals surface area contributed by atoms with Gasteiger partial charge in [-0.05, 0) is 52.2 Å². The molecule has 0 aliphatic carbocycles. The number of fused-ring (bicyclic) bond motifs is 5. The Balaban J connectivity index is 1.86. The first-order valence-electron chi connectivity index (χ1n) is 7.89. The van der Waals surface area contributed by atoms with Gasteiger partial charge >= 0.3 is 0 Å². The Labute approximate surface area is 147 Å². The second-order valence-corrected chi connectivity index (χ2v) is 6.90. The highest BCUT2D eigenvalue weighted by Crippen LogP contribution is 2.36. The lowest BCUT2D eigenvalue weighted by atomic mass is 10.0. The van der Waals surface area contributed by atoms with Gasteiger partial charge in [0.15, 0.2) is 0 Å². The van der Waals surface area contributed by atoms with Gasteiger partial charge in [-0.3, -0.25) is 0 Å². The van der Waals surface area contributed by atoms with Crippen LogP contribution in [0.15, 0.2) is 87.8 Å². The molecule has 2 heteroatoms. The summed E-state index contributed by atoms with van der Waals surface area (Å²) in [7, 11) is 0. The number of rotatable bonds is 1. The topological polar surface area (TPSA) is 13.1 Å². The summed E-state index contributed by atoms with van der Waals surface area (Å²) in [5, 5.41) is 4.84. The van der Waals surface area contributed by atoms with Gasteiger partial charge in [0, 0.05) is 15.2 Å². The zero-order valence-electron chi connectivity index (χ0n) is 12.8. The van der Waals surface area contributed by atoms with E-state index in [4.69, 9.17) is 4.42 Å². The van der Waals surface area contributed by atoms with Crippen LogP contribution in [0.2, 0.25) is 0 Å². The zero-order valence-corrected chi connectivity index (χ0v) is 14.4. The minimum atomic E-state index is 0.933. The monoisotopic (exact) mass is 372 g/mol. The molecule has 0 saturated carbocycles. The van der Waals surface area contributed by atoms with Crippen molar-refractivity contribution in [2.24, 2.45) is 0 Å². The summed E-state index contributed by atoms with van der Waals surface area (Å²) in [5.41, 5.74) is 4.28. The van der Waals surface area contributed by atoms with Gasteiger partial charge in [-0.2, -0.15) is 0 Å². The predicted octanol–water partition coefficient (Wildman–Crippen LogP) is 7.17. The SMILES string of the molecule is Brc1ccc(-c2ccc3oc4ccc5ccccc5c4c3c2)cc1. The number of hydrogen-bond acceptors (Lipinski definition) is 1. The van der Waals surface area contributed by atoms with Crippen LogP contribution in [0.5, 0.6) is 0 Å². The molecule has 1 nitrogen and oxygen atoms in total. The van der Waals surface area contributed by atoms with Crippen LogP contribution in [0.3, 0.4) is 0 Å². The normalized spacial score (nSPS) is 11.5. The highest BCUT2D eigenvalue weighted by Gasteiger charge is 2.11. The molecule has 1 heterocycles. The number of halogens is 1. The molecular weight excluding hydrogens is 360 g/mol. The third-order valence-corrected chi connectivity index (χ3v) is 5.07. The van der Waals surface area contributed by atoms with Gasteiger partial charge in [0.05, 0.1) is 0 Å².